The topological polar surface area (TPSA) is 67.4 Å². The summed E-state index contributed by atoms with van der Waals surface area (Å²) in [5.74, 6) is 0.0660. The molecule has 0 aromatic heterocycles. The highest BCUT2D eigenvalue weighted by Gasteiger charge is 2.32. The Balaban J connectivity index is 4.03. The Kier molecular flexibility index (Phi) is 11.9. The first kappa shape index (κ1) is 23.3. The second-order valence-electron chi connectivity index (χ2n) is 6.80. The molecule has 0 aromatic carbocycles. The van der Waals surface area contributed by atoms with Gasteiger partial charge in [-0.05, 0) is 51.1 Å². The summed E-state index contributed by atoms with van der Waals surface area (Å²) < 4.78 is 6.53. The summed E-state index contributed by atoms with van der Waals surface area (Å²) >= 11 is 6.28. The molecule has 0 aliphatic heterocycles. The number of hydrogen-bond donors (Lipinski definition) is 2. The van der Waals surface area contributed by atoms with E-state index in [-0.39, 0.29) is 11.8 Å². The number of alkyl halides is 2. The number of carbonyl (C=O) groups excluding carboxylic acids is 2. The molecule has 0 fully saturated rings. The molecule has 0 aromatic rings. The van der Waals surface area contributed by atoms with E-state index in [9.17, 15) is 9.59 Å². The maximum atomic E-state index is 11.2. The van der Waals surface area contributed by atoms with E-state index in [1.54, 1.807) is 0 Å². The summed E-state index contributed by atoms with van der Waals surface area (Å²) in [5, 5.41) is 6.46. The summed E-state index contributed by atoms with van der Waals surface area (Å²) in [7, 11) is -3.41. The minimum absolute atomic E-state index is 0.0330. The molecule has 0 saturated carbocycles. The highest BCUT2D eigenvalue weighted by atomic mass is 79.9. The van der Waals surface area contributed by atoms with Gasteiger partial charge in [0.25, 0.3) is 0 Å². The van der Waals surface area contributed by atoms with Crippen molar-refractivity contribution in [1.82, 2.24) is 10.6 Å². The molecule has 0 aliphatic carbocycles. The average Bonchev–Trinajstić information content (AvgIpc) is 2.46. The van der Waals surface area contributed by atoms with Gasteiger partial charge in [-0.2, -0.15) is 0 Å². The van der Waals surface area contributed by atoms with Crippen LogP contribution in [0.3, 0.4) is 0 Å². The Morgan fingerprint density at radius 2 is 1.17 bits per heavy atom. The van der Waals surface area contributed by atoms with Gasteiger partial charge in [-0.3, -0.25) is 9.59 Å². The van der Waals surface area contributed by atoms with Crippen molar-refractivity contribution in [2.45, 2.75) is 51.1 Å². The molecule has 2 amide bonds. The molecule has 0 saturated heterocycles. The second-order valence-corrected chi connectivity index (χ2v) is 16.8. The number of nitrogens with one attached hydrogen (secondary N) is 2. The molecule has 136 valence electrons. The van der Waals surface area contributed by atoms with Gasteiger partial charge in [0, 0.05) is 13.1 Å². The molecule has 0 radical (unpaired) electrons. The van der Waals surface area contributed by atoms with Crippen molar-refractivity contribution in [3.8, 4) is 0 Å². The third-order valence-corrected chi connectivity index (χ3v) is 11.9. The first-order valence-corrected chi connectivity index (χ1v) is 16.4. The largest absolute Gasteiger partial charge is 0.455 e. The van der Waals surface area contributed by atoms with Crippen LogP contribution in [-0.2, 0) is 13.7 Å². The van der Waals surface area contributed by atoms with Gasteiger partial charge in [0.15, 0.2) is 16.6 Å². The third-order valence-electron chi connectivity index (χ3n) is 3.35. The monoisotopic (exact) mass is 488 g/mol. The predicted octanol–water partition coefficient (Wildman–Crippen LogP) is 3.22. The fraction of sp³-hybridized carbons (Fsp3) is 0.857. The van der Waals surface area contributed by atoms with Crippen LogP contribution in [0.2, 0.25) is 38.3 Å². The van der Waals surface area contributed by atoms with Gasteiger partial charge in [0.1, 0.15) is 0 Å². The van der Waals surface area contributed by atoms with Gasteiger partial charge in [-0.1, -0.05) is 31.9 Å². The van der Waals surface area contributed by atoms with Crippen LogP contribution in [0, 0.1) is 0 Å². The van der Waals surface area contributed by atoms with Crippen LogP contribution in [0.1, 0.15) is 12.8 Å². The number of hydrogen-bond acceptors (Lipinski definition) is 3. The van der Waals surface area contributed by atoms with Crippen molar-refractivity contribution in [3.05, 3.63) is 0 Å². The SMILES string of the molecule is C[Si](C)(CCCNC(=O)CBr)O[Si](C)(C)CCCNC(=O)CBr. The van der Waals surface area contributed by atoms with Crippen molar-refractivity contribution < 1.29 is 13.7 Å². The summed E-state index contributed by atoms with van der Waals surface area (Å²) in [6, 6.07) is 2.10. The zero-order valence-corrected chi connectivity index (χ0v) is 19.8. The van der Waals surface area contributed by atoms with Crippen LogP contribution < -0.4 is 10.6 Å². The van der Waals surface area contributed by atoms with E-state index in [2.05, 4.69) is 68.7 Å². The molecule has 0 aliphatic rings. The minimum atomic E-state index is -1.71. The van der Waals surface area contributed by atoms with Crippen LogP contribution in [0.4, 0.5) is 0 Å². The highest BCUT2D eigenvalue weighted by molar-refractivity contribution is 9.09. The Morgan fingerprint density at radius 3 is 1.48 bits per heavy atom. The lowest BCUT2D eigenvalue weighted by Crippen LogP contribution is -2.45. The summed E-state index contributed by atoms with van der Waals surface area (Å²) in [4.78, 5) is 22.4. The molecule has 5 nitrogen and oxygen atoms in total. The molecule has 0 rings (SSSR count). The summed E-state index contributed by atoms with van der Waals surface area (Å²) in [6.07, 6.45) is 1.92. The second kappa shape index (κ2) is 11.8. The Labute approximate surface area is 159 Å². The van der Waals surface area contributed by atoms with Crippen LogP contribution in [-0.4, -0.2) is 52.2 Å². The fourth-order valence-corrected chi connectivity index (χ4v) is 11.7. The zero-order valence-electron chi connectivity index (χ0n) is 14.6. The fourth-order valence-electron chi connectivity index (χ4n) is 2.43. The Morgan fingerprint density at radius 1 is 0.826 bits per heavy atom. The standard InChI is InChI=1S/C14H30Br2N2O3Si2/c1-22(2,9-5-7-17-13(19)11-15)21-23(3,4)10-6-8-18-14(20)12-16/h5-12H2,1-4H3,(H,17,19)(H,18,20). The zero-order chi connectivity index (χ0) is 17.9. The maximum absolute atomic E-state index is 11.2. The lowest BCUT2D eigenvalue weighted by Gasteiger charge is -2.34. The van der Waals surface area contributed by atoms with Crippen LogP contribution in [0.25, 0.3) is 0 Å². The summed E-state index contributed by atoms with van der Waals surface area (Å²) in [6.45, 7) is 10.4. The molecule has 2 N–H and O–H groups in total. The number of amides is 2. The Hall–Kier alpha value is 0.294. The van der Waals surface area contributed by atoms with Crippen molar-refractivity contribution in [1.29, 1.82) is 0 Å². The van der Waals surface area contributed by atoms with Gasteiger partial charge in [0.05, 0.1) is 10.7 Å². The van der Waals surface area contributed by atoms with Crippen LogP contribution in [0.15, 0.2) is 0 Å². The number of halogens is 2. The van der Waals surface area contributed by atoms with E-state index < -0.39 is 16.6 Å². The van der Waals surface area contributed by atoms with Gasteiger partial charge >= 0.3 is 0 Å². The van der Waals surface area contributed by atoms with E-state index in [0.29, 0.717) is 23.7 Å². The van der Waals surface area contributed by atoms with Crippen LogP contribution >= 0.6 is 31.9 Å². The Bertz CT molecular complexity index is 349. The molecular formula is C14H30Br2N2O3Si2. The van der Waals surface area contributed by atoms with E-state index in [0.717, 1.165) is 24.9 Å². The molecule has 23 heavy (non-hydrogen) atoms. The van der Waals surface area contributed by atoms with E-state index in [1.165, 1.54) is 0 Å². The third kappa shape index (κ3) is 13.3. The normalized spacial score (nSPS) is 12.1. The first-order valence-electron chi connectivity index (χ1n) is 7.97. The van der Waals surface area contributed by atoms with E-state index >= 15 is 0 Å². The summed E-state index contributed by atoms with van der Waals surface area (Å²) in [5.41, 5.74) is 0. The first-order chi connectivity index (χ1) is 10.6. The lowest BCUT2D eigenvalue weighted by molar-refractivity contribution is -0.119. The van der Waals surface area contributed by atoms with Crippen LogP contribution in [0.5, 0.6) is 0 Å². The quantitative estimate of drug-likeness (QED) is 0.251. The molecule has 0 atom stereocenters. The van der Waals surface area contributed by atoms with Crippen molar-refractivity contribution in [2.24, 2.45) is 0 Å². The van der Waals surface area contributed by atoms with Gasteiger partial charge < -0.3 is 14.7 Å². The molecule has 0 unspecified atom stereocenters. The maximum Gasteiger partial charge on any atom is 0.230 e. The van der Waals surface area contributed by atoms with Gasteiger partial charge in [0.2, 0.25) is 11.8 Å². The number of rotatable bonds is 12. The van der Waals surface area contributed by atoms with Gasteiger partial charge in [-0.15, -0.1) is 0 Å². The predicted molar refractivity (Wildman–Crippen MR) is 109 cm³/mol. The van der Waals surface area contributed by atoms with Crippen molar-refractivity contribution in [3.63, 3.8) is 0 Å². The molecule has 0 heterocycles. The van der Waals surface area contributed by atoms with Gasteiger partial charge in [-0.25, -0.2) is 0 Å². The molecule has 0 bridgehead atoms. The smallest absolute Gasteiger partial charge is 0.230 e. The molecule has 0 spiro atoms. The highest BCUT2D eigenvalue weighted by Crippen LogP contribution is 2.23. The lowest BCUT2D eigenvalue weighted by atomic mass is 10.5. The molecule has 9 heteroatoms. The van der Waals surface area contributed by atoms with E-state index in [4.69, 9.17) is 4.12 Å². The molecular weight excluding hydrogens is 460 g/mol. The minimum Gasteiger partial charge on any atom is -0.455 e. The number of carbonyl (C=O) groups is 2. The average molecular weight is 490 g/mol. The van der Waals surface area contributed by atoms with Crippen molar-refractivity contribution in [2.75, 3.05) is 23.7 Å². The van der Waals surface area contributed by atoms with E-state index in [1.807, 2.05) is 0 Å². The van der Waals surface area contributed by atoms with Crippen molar-refractivity contribution >= 4 is 60.3 Å².